The highest BCUT2D eigenvalue weighted by Gasteiger charge is 2.25. The SMILES string of the molecule is CCNC(=NCC(c1ccccc1)N(C)C)N1CCC(COCCOC)C1. The van der Waals surface area contributed by atoms with E-state index in [-0.39, 0.29) is 6.04 Å². The first-order valence-electron chi connectivity index (χ1n) is 9.97. The summed E-state index contributed by atoms with van der Waals surface area (Å²) in [6, 6.07) is 10.9. The summed E-state index contributed by atoms with van der Waals surface area (Å²) < 4.78 is 10.8. The normalized spacial score (nSPS) is 18.9. The van der Waals surface area contributed by atoms with Crippen molar-refractivity contribution in [3.63, 3.8) is 0 Å². The standard InChI is InChI=1S/C21H36N4O2/c1-5-22-21(25-12-11-18(16-25)17-27-14-13-26-4)23-15-20(24(2)3)19-9-7-6-8-10-19/h6-10,18,20H,5,11-17H2,1-4H3,(H,22,23). The van der Waals surface area contributed by atoms with Gasteiger partial charge in [-0.3, -0.25) is 4.99 Å². The smallest absolute Gasteiger partial charge is 0.193 e. The van der Waals surface area contributed by atoms with E-state index in [4.69, 9.17) is 14.5 Å². The minimum atomic E-state index is 0.274. The molecule has 2 unspecified atom stereocenters. The van der Waals surface area contributed by atoms with Gasteiger partial charge in [-0.15, -0.1) is 0 Å². The van der Waals surface area contributed by atoms with E-state index in [0.29, 0.717) is 19.1 Å². The van der Waals surface area contributed by atoms with Crippen molar-refractivity contribution in [3.8, 4) is 0 Å². The van der Waals surface area contributed by atoms with Gasteiger partial charge in [-0.25, -0.2) is 0 Å². The van der Waals surface area contributed by atoms with Gasteiger partial charge >= 0.3 is 0 Å². The van der Waals surface area contributed by atoms with Crippen LogP contribution in [-0.4, -0.2) is 83.0 Å². The van der Waals surface area contributed by atoms with Gasteiger partial charge in [0, 0.05) is 32.7 Å². The van der Waals surface area contributed by atoms with Crippen molar-refractivity contribution in [1.82, 2.24) is 15.1 Å². The molecule has 6 heteroatoms. The Hall–Kier alpha value is -1.63. The van der Waals surface area contributed by atoms with E-state index >= 15 is 0 Å². The quantitative estimate of drug-likeness (QED) is 0.386. The summed E-state index contributed by atoms with van der Waals surface area (Å²) in [6.45, 7) is 7.89. The van der Waals surface area contributed by atoms with E-state index in [0.717, 1.165) is 45.2 Å². The van der Waals surface area contributed by atoms with Gasteiger partial charge in [0.1, 0.15) is 0 Å². The number of hydrogen-bond acceptors (Lipinski definition) is 4. The van der Waals surface area contributed by atoms with Crippen LogP contribution >= 0.6 is 0 Å². The Bertz CT molecular complexity index is 550. The average Bonchev–Trinajstić information content (AvgIpc) is 3.14. The minimum absolute atomic E-state index is 0.274. The Kier molecular flexibility index (Phi) is 9.59. The highest BCUT2D eigenvalue weighted by atomic mass is 16.5. The predicted octanol–water partition coefficient (Wildman–Crippen LogP) is 2.24. The second-order valence-corrected chi connectivity index (χ2v) is 7.25. The molecule has 152 valence electrons. The first kappa shape index (κ1) is 21.7. The van der Waals surface area contributed by atoms with Gasteiger partial charge in [-0.2, -0.15) is 0 Å². The maximum absolute atomic E-state index is 5.71. The highest BCUT2D eigenvalue weighted by molar-refractivity contribution is 5.80. The molecule has 6 nitrogen and oxygen atoms in total. The van der Waals surface area contributed by atoms with Gasteiger partial charge < -0.3 is 24.6 Å². The van der Waals surface area contributed by atoms with Crippen LogP contribution < -0.4 is 5.32 Å². The Morgan fingerprint density at radius 2 is 2.07 bits per heavy atom. The molecule has 0 amide bonds. The number of methoxy groups -OCH3 is 1. The topological polar surface area (TPSA) is 49.3 Å². The van der Waals surface area contributed by atoms with Gasteiger partial charge in [0.2, 0.25) is 0 Å². The molecule has 2 atom stereocenters. The lowest BCUT2D eigenvalue weighted by atomic mass is 10.1. The zero-order chi connectivity index (χ0) is 19.5. The van der Waals surface area contributed by atoms with Crippen LogP contribution in [0.2, 0.25) is 0 Å². The fourth-order valence-electron chi connectivity index (χ4n) is 3.39. The van der Waals surface area contributed by atoms with Crippen LogP contribution in [0.5, 0.6) is 0 Å². The van der Waals surface area contributed by atoms with E-state index in [1.54, 1.807) is 7.11 Å². The molecule has 1 aromatic carbocycles. The second kappa shape index (κ2) is 12.0. The zero-order valence-electron chi connectivity index (χ0n) is 17.4. The molecule has 1 aromatic rings. The largest absolute Gasteiger partial charge is 0.382 e. The molecule has 0 bridgehead atoms. The van der Waals surface area contributed by atoms with Gasteiger partial charge in [-0.1, -0.05) is 30.3 Å². The molecule has 1 N–H and O–H groups in total. The van der Waals surface area contributed by atoms with Crippen molar-refractivity contribution in [2.75, 3.05) is 67.2 Å². The van der Waals surface area contributed by atoms with Crippen molar-refractivity contribution in [1.29, 1.82) is 0 Å². The number of likely N-dealkylation sites (tertiary alicyclic amines) is 1. The molecule has 0 saturated carbocycles. The number of rotatable bonds is 10. The van der Waals surface area contributed by atoms with E-state index < -0.39 is 0 Å². The number of guanidine groups is 1. The molecule has 2 rings (SSSR count). The van der Waals surface area contributed by atoms with Gasteiger partial charge in [0.25, 0.3) is 0 Å². The van der Waals surface area contributed by atoms with Crippen LogP contribution in [0, 0.1) is 5.92 Å². The summed E-state index contributed by atoms with van der Waals surface area (Å²) in [5, 5.41) is 3.46. The first-order chi connectivity index (χ1) is 13.2. The number of nitrogens with one attached hydrogen (secondary N) is 1. The molecule has 27 heavy (non-hydrogen) atoms. The maximum atomic E-state index is 5.71. The molecule has 0 spiro atoms. The molecule has 1 aliphatic rings. The van der Waals surface area contributed by atoms with Crippen molar-refractivity contribution in [2.24, 2.45) is 10.9 Å². The Morgan fingerprint density at radius 1 is 1.30 bits per heavy atom. The van der Waals surface area contributed by atoms with Crippen molar-refractivity contribution in [2.45, 2.75) is 19.4 Å². The Balaban J connectivity index is 1.95. The zero-order valence-corrected chi connectivity index (χ0v) is 17.4. The summed E-state index contributed by atoms with van der Waals surface area (Å²) in [4.78, 5) is 9.57. The van der Waals surface area contributed by atoms with Crippen molar-refractivity contribution in [3.05, 3.63) is 35.9 Å². The van der Waals surface area contributed by atoms with Crippen molar-refractivity contribution >= 4 is 5.96 Å². The van der Waals surface area contributed by atoms with E-state index in [1.807, 2.05) is 0 Å². The molecule has 1 aliphatic heterocycles. The molecule has 1 fully saturated rings. The molecule has 0 aliphatic carbocycles. The predicted molar refractivity (Wildman–Crippen MR) is 111 cm³/mol. The molecule has 1 saturated heterocycles. The summed E-state index contributed by atoms with van der Waals surface area (Å²) in [5.74, 6) is 1.57. The van der Waals surface area contributed by atoms with Crippen LogP contribution in [0.15, 0.2) is 35.3 Å². The lowest BCUT2D eigenvalue weighted by Crippen LogP contribution is -2.41. The summed E-state index contributed by atoms with van der Waals surface area (Å²) in [5.41, 5.74) is 1.30. The third kappa shape index (κ3) is 7.13. The fraction of sp³-hybridized carbons (Fsp3) is 0.667. The Labute approximate surface area is 164 Å². The van der Waals surface area contributed by atoms with E-state index in [1.165, 1.54) is 5.56 Å². The fourth-order valence-corrected chi connectivity index (χ4v) is 3.39. The van der Waals surface area contributed by atoms with Gasteiger partial charge in [0.05, 0.1) is 32.4 Å². The average molecular weight is 377 g/mol. The van der Waals surface area contributed by atoms with Crippen LogP contribution in [0.3, 0.4) is 0 Å². The van der Waals surface area contributed by atoms with Crippen LogP contribution in [0.25, 0.3) is 0 Å². The highest BCUT2D eigenvalue weighted by Crippen LogP contribution is 2.20. The number of aliphatic imine (C=N–C) groups is 1. The number of benzene rings is 1. The first-order valence-corrected chi connectivity index (χ1v) is 9.97. The Morgan fingerprint density at radius 3 is 2.74 bits per heavy atom. The lowest BCUT2D eigenvalue weighted by molar-refractivity contribution is 0.0536. The number of ether oxygens (including phenoxy) is 2. The third-order valence-corrected chi connectivity index (χ3v) is 4.93. The van der Waals surface area contributed by atoms with E-state index in [9.17, 15) is 0 Å². The maximum Gasteiger partial charge on any atom is 0.193 e. The minimum Gasteiger partial charge on any atom is -0.382 e. The second-order valence-electron chi connectivity index (χ2n) is 7.25. The molecule has 1 heterocycles. The van der Waals surface area contributed by atoms with Gasteiger partial charge in [-0.05, 0) is 33.0 Å². The summed E-state index contributed by atoms with van der Waals surface area (Å²) in [7, 11) is 5.93. The lowest BCUT2D eigenvalue weighted by Gasteiger charge is -2.26. The summed E-state index contributed by atoms with van der Waals surface area (Å²) >= 11 is 0. The van der Waals surface area contributed by atoms with E-state index in [2.05, 4.69) is 66.5 Å². The van der Waals surface area contributed by atoms with Gasteiger partial charge in [0.15, 0.2) is 5.96 Å². The summed E-state index contributed by atoms with van der Waals surface area (Å²) in [6.07, 6.45) is 1.15. The monoisotopic (exact) mass is 376 g/mol. The van der Waals surface area contributed by atoms with Crippen LogP contribution in [-0.2, 0) is 9.47 Å². The molecule has 0 aromatic heterocycles. The number of hydrogen-bond donors (Lipinski definition) is 1. The van der Waals surface area contributed by atoms with Crippen LogP contribution in [0.1, 0.15) is 24.9 Å². The molecular weight excluding hydrogens is 340 g/mol. The number of likely N-dealkylation sites (N-methyl/N-ethyl adjacent to an activating group) is 1. The van der Waals surface area contributed by atoms with Crippen molar-refractivity contribution < 1.29 is 9.47 Å². The molecule has 0 radical (unpaired) electrons. The third-order valence-electron chi connectivity index (χ3n) is 4.93. The van der Waals surface area contributed by atoms with Crippen LogP contribution in [0.4, 0.5) is 0 Å². The molecular formula is C21H36N4O2. The number of nitrogens with zero attached hydrogens (tertiary/aromatic N) is 3.